The fourth-order valence-electron chi connectivity index (χ4n) is 15.1. The number of rotatable bonds is 3. The molecule has 4 nitrogen and oxygen atoms in total. The third-order valence-electron chi connectivity index (χ3n) is 16.2. The van der Waals surface area contributed by atoms with Crippen LogP contribution in [0.5, 0.6) is 0 Å². The summed E-state index contributed by atoms with van der Waals surface area (Å²) in [6.45, 7) is 0. The monoisotopic (exact) mass is 554 g/mol. The average Bonchev–Trinajstić information content (AvgIpc) is 3.65. The minimum Gasteiger partial charge on any atom is -0.368 e. The highest BCUT2D eigenvalue weighted by Crippen LogP contribution is 2.73. The van der Waals surface area contributed by atoms with Crippen molar-refractivity contribution in [3.05, 3.63) is 0 Å². The van der Waals surface area contributed by atoms with Crippen LogP contribution >= 0.6 is 0 Å². The zero-order valence-corrected chi connectivity index (χ0v) is 25.0. The molecule has 226 valence electrons. The van der Waals surface area contributed by atoms with Gasteiger partial charge in [0.15, 0.2) is 12.6 Å². The molecule has 10 unspecified atom stereocenters. The molecule has 40 heavy (non-hydrogen) atoms. The van der Waals surface area contributed by atoms with E-state index >= 15 is 0 Å². The molecule has 0 amide bonds. The maximum atomic E-state index is 10.3. The molecule has 15 atom stereocenters. The van der Waals surface area contributed by atoms with Gasteiger partial charge in [-0.3, -0.25) is 0 Å². The van der Waals surface area contributed by atoms with Crippen LogP contribution < -0.4 is 0 Å². The third-order valence-corrected chi connectivity index (χ3v) is 16.2. The van der Waals surface area contributed by atoms with Gasteiger partial charge in [0.1, 0.15) is 0 Å². The van der Waals surface area contributed by atoms with Crippen molar-refractivity contribution >= 4 is 0 Å². The molecule has 8 rings (SSSR count). The highest BCUT2D eigenvalue weighted by Gasteiger charge is 2.66. The molecule has 8 aliphatic rings. The summed E-state index contributed by atoms with van der Waals surface area (Å²) in [7, 11) is 0. The lowest BCUT2D eigenvalue weighted by Gasteiger charge is -2.69. The van der Waals surface area contributed by atoms with Crippen LogP contribution in [0.15, 0.2) is 0 Å². The van der Waals surface area contributed by atoms with Gasteiger partial charge < -0.3 is 20.4 Å². The standard InChI is InChI=1S/C36H58O4/c37-34(38)23-8-11-26-25(18-23)19-32(33-28-6-2-3-20(28)7-12-29(26)33)36-16-15-21-4-1-5-27(21)31(36)14-9-22-17-24(35(39)40)10-13-30(22)36/h20-35,37-40H,1-19H2/t20-,21?,22?,23?,24?,25?,26-,27?,28+,29+,30?,31?,32?,33-,36?/m0/s1. The number of hydrogen-bond acceptors (Lipinski definition) is 4. The molecule has 0 bridgehead atoms. The van der Waals surface area contributed by atoms with Gasteiger partial charge in [-0.1, -0.05) is 25.7 Å². The van der Waals surface area contributed by atoms with Gasteiger partial charge in [-0.05, 0) is 173 Å². The van der Waals surface area contributed by atoms with Crippen LogP contribution in [0.2, 0.25) is 0 Å². The first-order valence-electron chi connectivity index (χ1n) is 18.2. The van der Waals surface area contributed by atoms with Crippen LogP contribution in [0, 0.1) is 88.3 Å². The van der Waals surface area contributed by atoms with E-state index in [1.165, 1.54) is 96.3 Å². The molecule has 0 aromatic carbocycles. The number of fused-ring (bicyclic) bond motifs is 10. The van der Waals surface area contributed by atoms with Gasteiger partial charge in [0.2, 0.25) is 0 Å². The van der Waals surface area contributed by atoms with E-state index in [1.54, 1.807) is 0 Å². The fraction of sp³-hybridized carbons (Fsp3) is 1.00. The predicted molar refractivity (Wildman–Crippen MR) is 155 cm³/mol. The Morgan fingerprint density at radius 3 is 1.82 bits per heavy atom. The topological polar surface area (TPSA) is 80.9 Å². The van der Waals surface area contributed by atoms with Gasteiger partial charge >= 0.3 is 0 Å². The van der Waals surface area contributed by atoms with Crippen molar-refractivity contribution in [3.63, 3.8) is 0 Å². The molecule has 8 fully saturated rings. The predicted octanol–water partition coefficient (Wildman–Crippen LogP) is 6.74. The average molecular weight is 555 g/mol. The summed E-state index contributed by atoms with van der Waals surface area (Å²) in [5.41, 5.74) is 0.461. The minimum atomic E-state index is -1.14. The van der Waals surface area contributed by atoms with Crippen LogP contribution in [0.25, 0.3) is 0 Å². The summed E-state index contributed by atoms with van der Waals surface area (Å²) >= 11 is 0. The molecule has 8 saturated carbocycles. The molecule has 0 aromatic heterocycles. The summed E-state index contributed by atoms with van der Waals surface area (Å²) < 4.78 is 0. The van der Waals surface area contributed by atoms with Crippen molar-refractivity contribution in [2.45, 2.75) is 135 Å². The molecular formula is C36H58O4. The second kappa shape index (κ2) is 10.5. The summed E-state index contributed by atoms with van der Waals surface area (Å²) in [6, 6.07) is 0. The van der Waals surface area contributed by atoms with Crippen LogP contribution in [-0.2, 0) is 0 Å². The normalized spacial score (nSPS) is 55.6. The van der Waals surface area contributed by atoms with E-state index < -0.39 is 12.6 Å². The molecule has 4 heteroatoms. The first kappa shape index (κ1) is 27.4. The number of hydrogen-bond donors (Lipinski definition) is 4. The molecular weight excluding hydrogens is 496 g/mol. The van der Waals surface area contributed by atoms with Crippen LogP contribution in [0.1, 0.15) is 122 Å². The van der Waals surface area contributed by atoms with E-state index in [0.29, 0.717) is 17.3 Å². The van der Waals surface area contributed by atoms with E-state index in [1.807, 2.05) is 0 Å². The van der Waals surface area contributed by atoms with E-state index in [4.69, 9.17) is 0 Å². The number of aliphatic hydroxyl groups is 4. The van der Waals surface area contributed by atoms with Crippen molar-refractivity contribution in [1.82, 2.24) is 0 Å². The second-order valence-electron chi connectivity index (χ2n) is 17.0. The Morgan fingerprint density at radius 1 is 0.425 bits per heavy atom. The van der Waals surface area contributed by atoms with E-state index in [0.717, 1.165) is 84.9 Å². The lowest BCUT2D eigenvalue weighted by atomic mass is 9.36. The molecule has 0 spiro atoms. The first-order valence-corrected chi connectivity index (χ1v) is 18.2. The van der Waals surface area contributed by atoms with Gasteiger partial charge in [0.05, 0.1) is 0 Å². The Kier molecular flexibility index (Phi) is 7.18. The van der Waals surface area contributed by atoms with Crippen LogP contribution in [0.3, 0.4) is 0 Å². The van der Waals surface area contributed by atoms with Gasteiger partial charge in [-0.15, -0.1) is 0 Å². The molecule has 8 aliphatic carbocycles. The Labute approximate surface area is 243 Å². The molecule has 0 aromatic rings. The summed E-state index contributed by atoms with van der Waals surface area (Å²) in [5.74, 6) is 10.6. The SMILES string of the molecule is OC(O)C1CCC2C(CCC3C4CCCC4CCC23C2CC3CC(C(O)O)CC[C@@H]3[C@H]3CC[C@@H]4CCC[C@H]4[C@H]23)C1. The third kappa shape index (κ3) is 4.11. The van der Waals surface area contributed by atoms with Crippen LogP contribution in [0.4, 0.5) is 0 Å². The summed E-state index contributed by atoms with van der Waals surface area (Å²) in [5, 5.41) is 40.9. The zero-order valence-electron chi connectivity index (χ0n) is 25.0. The highest BCUT2D eigenvalue weighted by atomic mass is 16.5. The van der Waals surface area contributed by atoms with Crippen molar-refractivity contribution in [3.8, 4) is 0 Å². The van der Waals surface area contributed by atoms with Crippen molar-refractivity contribution in [1.29, 1.82) is 0 Å². The maximum Gasteiger partial charge on any atom is 0.154 e. The Bertz CT molecular complexity index is 918. The molecule has 4 N–H and O–H groups in total. The van der Waals surface area contributed by atoms with Gasteiger partial charge in [0.25, 0.3) is 0 Å². The minimum absolute atomic E-state index is 0.0835. The number of aliphatic hydroxyl groups excluding tert-OH is 2. The molecule has 0 aliphatic heterocycles. The molecule has 0 heterocycles. The zero-order chi connectivity index (χ0) is 27.2. The van der Waals surface area contributed by atoms with E-state index in [9.17, 15) is 20.4 Å². The summed E-state index contributed by atoms with van der Waals surface area (Å²) in [4.78, 5) is 0. The second-order valence-corrected chi connectivity index (χ2v) is 17.0. The quantitative estimate of drug-likeness (QED) is 0.291. The van der Waals surface area contributed by atoms with Gasteiger partial charge in [-0.2, -0.15) is 0 Å². The van der Waals surface area contributed by atoms with Crippen molar-refractivity contribution in [2.24, 2.45) is 88.3 Å². The first-order chi connectivity index (χ1) is 19.5. The fourth-order valence-corrected chi connectivity index (χ4v) is 15.1. The van der Waals surface area contributed by atoms with E-state index in [2.05, 4.69) is 0 Å². The largest absolute Gasteiger partial charge is 0.368 e. The lowest BCUT2D eigenvalue weighted by molar-refractivity contribution is -0.213. The maximum absolute atomic E-state index is 10.3. The van der Waals surface area contributed by atoms with E-state index in [-0.39, 0.29) is 11.8 Å². The van der Waals surface area contributed by atoms with Crippen molar-refractivity contribution in [2.75, 3.05) is 0 Å². The van der Waals surface area contributed by atoms with Gasteiger partial charge in [-0.25, -0.2) is 0 Å². The summed E-state index contributed by atoms with van der Waals surface area (Å²) in [6.07, 6.45) is 23.1. The van der Waals surface area contributed by atoms with Gasteiger partial charge in [0, 0.05) is 11.8 Å². The Hall–Kier alpha value is -0.160. The Morgan fingerprint density at radius 2 is 1.05 bits per heavy atom. The molecule has 0 radical (unpaired) electrons. The van der Waals surface area contributed by atoms with Crippen molar-refractivity contribution < 1.29 is 20.4 Å². The lowest BCUT2D eigenvalue weighted by Crippen LogP contribution is -2.62. The highest BCUT2D eigenvalue weighted by molar-refractivity contribution is 5.14. The Balaban J connectivity index is 1.22. The molecule has 0 saturated heterocycles. The smallest absolute Gasteiger partial charge is 0.154 e. The van der Waals surface area contributed by atoms with Crippen LogP contribution in [-0.4, -0.2) is 33.0 Å².